The highest BCUT2D eigenvalue weighted by atomic mass is 19.4. The van der Waals surface area contributed by atoms with E-state index in [1.807, 2.05) is 4.98 Å². The first-order valence-electron chi connectivity index (χ1n) is 3.95. The molecule has 0 spiro atoms. The lowest BCUT2D eigenvalue weighted by Gasteiger charge is -2.04. The number of aromatic amines is 1. The third kappa shape index (κ3) is 1.97. The molecule has 0 atom stereocenters. The zero-order chi connectivity index (χ0) is 11.1. The minimum atomic E-state index is -4.39. The second kappa shape index (κ2) is 3.07. The van der Waals surface area contributed by atoms with Crippen molar-refractivity contribution in [1.29, 1.82) is 0 Å². The van der Waals surface area contributed by atoms with Crippen LogP contribution in [0.3, 0.4) is 0 Å². The topological polar surface area (TPSA) is 63.0 Å². The predicted octanol–water partition coefficient (Wildman–Crippen LogP) is 0.522. The number of aromatic nitrogens is 4. The molecule has 0 aliphatic rings. The summed E-state index contributed by atoms with van der Waals surface area (Å²) in [4.78, 5) is 16.8. The summed E-state index contributed by atoms with van der Waals surface area (Å²) in [6, 6.07) is 1.36. The number of hydrogen-bond donors (Lipinski definition) is 1. The van der Waals surface area contributed by atoms with Gasteiger partial charge in [0.1, 0.15) is 12.2 Å². The summed E-state index contributed by atoms with van der Waals surface area (Å²) in [7, 11) is 0. The maximum Gasteiger partial charge on any atom is 0.396 e. The number of halogens is 3. The lowest BCUT2D eigenvalue weighted by atomic mass is 10.4. The normalized spacial score (nSPS) is 12.2. The van der Waals surface area contributed by atoms with Gasteiger partial charge >= 0.3 is 11.9 Å². The molecule has 0 fully saturated rings. The minimum absolute atomic E-state index is 0.0954. The number of nitrogens with one attached hydrogen (secondary N) is 1. The fourth-order valence-corrected chi connectivity index (χ4v) is 1.15. The Morgan fingerprint density at radius 3 is 2.87 bits per heavy atom. The van der Waals surface area contributed by atoms with Crippen molar-refractivity contribution < 1.29 is 13.2 Å². The van der Waals surface area contributed by atoms with Gasteiger partial charge in [-0.15, -0.1) is 0 Å². The monoisotopic (exact) mass is 218 g/mol. The van der Waals surface area contributed by atoms with E-state index in [-0.39, 0.29) is 5.65 Å². The van der Waals surface area contributed by atoms with Crippen LogP contribution in [0.1, 0.15) is 5.82 Å². The molecule has 2 rings (SSSR count). The van der Waals surface area contributed by atoms with Gasteiger partial charge in [0.2, 0.25) is 0 Å². The summed E-state index contributed by atoms with van der Waals surface area (Å²) in [6.45, 7) is 0. The fourth-order valence-electron chi connectivity index (χ4n) is 1.15. The van der Waals surface area contributed by atoms with Crippen LogP contribution in [0.15, 0.2) is 17.1 Å². The highest BCUT2D eigenvalue weighted by molar-refractivity contribution is 5.34. The van der Waals surface area contributed by atoms with E-state index < -0.39 is 24.1 Å². The average Bonchev–Trinajstić information content (AvgIpc) is 2.48. The lowest BCUT2D eigenvalue weighted by molar-refractivity contribution is -0.128. The molecular formula is C7H5F3N4O. The Bertz CT molecular complexity index is 541. The Hall–Kier alpha value is -1.86. The zero-order valence-corrected chi connectivity index (χ0v) is 7.25. The van der Waals surface area contributed by atoms with Crippen molar-refractivity contribution in [3.05, 3.63) is 28.6 Å². The maximum atomic E-state index is 12.0. The summed E-state index contributed by atoms with van der Waals surface area (Å²) < 4.78 is 36.9. The Morgan fingerprint density at radius 1 is 1.47 bits per heavy atom. The van der Waals surface area contributed by atoms with Gasteiger partial charge in [-0.3, -0.25) is 4.98 Å². The smallest absolute Gasteiger partial charge is 0.293 e. The van der Waals surface area contributed by atoms with E-state index in [2.05, 4.69) is 10.1 Å². The summed E-state index contributed by atoms with van der Waals surface area (Å²) in [5, 5.41) is 3.58. The summed E-state index contributed by atoms with van der Waals surface area (Å²) >= 11 is 0. The first-order valence-corrected chi connectivity index (χ1v) is 3.95. The van der Waals surface area contributed by atoms with Crippen molar-refractivity contribution in [3.8, 4) is 0 Å². The van der Waals surface area contributed by atoms with Crippen molar-refractivity contribution in [3.63, 3.8) is 0 Å². The van der Waals surface area contributed by atoms with Crippen LogP contribution in [0.4, 0.5) is 13.2 Å². The standard InChI is InChI=1S/C7H5F3N4O/c8-7(9,10)3-4-12-5-1-2-11-14(5)6(15)13-4/h1-2H,3H2,(H,12,13,15). The minimum Gasteiger partial charge on any atom is -0.293 e. The zero-order valence-electron chi connectivity index (χ0n) is 7.25. The van der Waals surface area contributed by atoms with E-state index in [0.717, 1.165) is 4.52 Å². The molecule has 0 radical (unpaired) electrons. The molecule has 0 aliphatic carbocycles. The van der Waals surface area contributed by atoms with Crippen LogP contribution in [0.25, 0.3) is 5.65 Å². The first-order chi connectivity index (χ1) is 6.96. The van der Waals surface area contributed by atoms with Gasteiger partial charge in [-0.1, -0.05) is 0 Å². The quantitative estimate of drug-likeness (QED) is 0.759. The Kier molecular flexibility index (Phi) is 1.98. The number of alkyl halides is 3. The Balaban J connectivity index is 2.50. The third-order valence-corrected chi connectivity index (χ3v) is 1.68. The van der Waals surface area contributed by atoms with E-state index in [1.165, 1.54) is 12.3 Å². The SMILES string of the molecule is O=c1[nH]c(CC(F)(F)F)nc2ccnn12. The van der Waals surface area contributed by atoms with E-state index >= 15 is 0 Å². The van der Waals surface area contributed by atoms with Crippen molar-refractivity contribution in [1.82, 2.24) is 19.6 Å². The molecule has 2 aromatic rings. The molecule has 0 bridgehead atoms. The van der Waals surface area contributed by atoms with Crippen molar-refractivity contribution >= 4 is 5.65 Å². The van der Waals surface area contributed by atoms with E-state index in [9.17, 15) is 18.0 Å². The Morgan fingerprint density at radius 2 is 2.20 bits per heavy atom. The van der Waals surface area contributed by atoms with Crippen LogP contribution in [0, 0.1) is 0 Å². The third-order valence-electron chi connectivity index (χ3n) is 1.68. The number of nitrogens with zero attached hydrogens (tertiary/aromatic N) is 3. The highest BCUT2D eigenvalue weighted by Crippen LogP contribution is 2.18. The van der Waals surface area contributed by atoms with Crippen LogP contribution < -0.4 is 5.69 Å². The Labute approximate surface area is 80.6 Å². The molecule has 0 aliphatic heterocycles. The molecule has 0 saturated carbocycles. The number of hydrogen-bond acceptors (Lipinski definition) is 3. The van der Waals surface area contributed by atoms with Crippen molar-refractivity contribution in [2.24, 2.45) is 0 Å². The predicted molar refractivity (Wildman–Crippen MR) is 43.4 cm³/mol. The van der Waals surface area contributed by atoms with Gasteiger partial charge in [0.25, 0.3) is 0 Å². The lowest BCUT2D eigenvalue weighted by Crippen LogP contribution is -2.24. The van der Waals surface area contributed by atoms with Crippen LogP contribution in [-0.2, 0) is 6.42 Å². The first kappa shape index (κ1) is 9.69. The molecule has 0 saturated heterocycles. The van der Waals surface area contributed by atoms with Crippen molar-refractivity contribution in [2.75, 3.05) is 0 Å². The van der Waals surface area contributed by atoms with Gasteiger partial charge in [-0.25, -0.2) is 9.78 Å². The van der Waals surface area contributed by atoms with Gasteiger partial charge in [0.05, 0.1) is 6.20 Å². The van der Waals surface area contributed by atoms with E-state index in [0.29, 0.717) is 0 Å². The molecule has 1 N–H and O–H groups in total. The number of H-pyrrole nitrogens is 1. The van der Waals surface area contributed by atoms with Gasteiger partial charge in [0, 0.05) is 6.07 Å². The van der Waals surface area contributed by atoms with Crippen LogP contribution in [0.5, 0.6) is 0 Å². The van der Waals surface area contributed by atoms with Gasteiger partial charge in [-0.05, 0) is 0 Å². The molecule has 8 heteroatoms. The largest absolute Gasteiger partial charge is 0.396 e. The van der Waals surface area contributed by atoms with Gasteiger partial charge < -0.3 is 0 Å². The molecule has 5 nitrogen and oxygen atoms in total. The van der Waals surface area contributed by atoms with Crippen LogP contribution in [-0.4, -0.2) is 25.8 Å². The molecule has 0 aromatic carbocycles. The summed E-state index contributed by atoms with van der Waals surface area (Å²) in [5.41, 5.74) is -0.637. The highest BCUT2D eigenvalue weighted by Gasteiger charge is 2.29. The van der Waals surface area contributed by atoms with E-state index in [4.69, 9.17) is 0 Å². The maximum absolute atomic E-state index is 12.0. The van der Waals surface area contributed by atoms with Gasteiger partial charge in [0.15, 0.2) is 5.65 Å². The van der Waals surface area contributed by atoms with Gasteiger partial charge in [-0.2, -0.15) is 22.8 Å². The second-order valence-electron chi connectivity index (χ2n) is 2.88. The molecule has 0 amide bonds. The van der Waals surface area contributed by atoms with Crippen LogP contribution >= 0.6 is 0 Å². The number of fused-ring (bicyclic) bond motifs is 1. The average molecular weight is 218 g/mol. The van der Waals surface area contributed by atoms with E-state index in [1.54, 1.807) is 0 Å². The number of rotatable bonds is 1. The summed E-state index contributed by atoms with van der Waals surface area (Å²) in [5.74, 6) is -0.416. The van der Waals surface area contributed by atoms with Crippen LogP contribution in [0.2, 0.25) is 0 Å². The molecule has 80 valence electrons. The molecular weight excluding hydrogens is 213 g/mol. The van der Waals surface area contributed by atoms with Crippen molar-refractivity contribution in [2.45, 2.75) is 12.6 Å². The molecule has 15 heavy (non-hydrogen) atoms. The second-order valence-corrected chi connectivity index (χ2v) is 2.88. The molecule has 2 heterocycles. The fraction of sp³-hybridized carbons (Fsp3) is 0.286. The summed E-state index contributed by atoms with van der Waals surface area (Å²) in [6.07, 6.45) is -4.37. The molecule has 2 aromatic heterocycles. The molecule has 0 unspecified atom stereocenters.